The average molecular weight is 160 g/mol. The van der Waals surface area contributed by atoms with Crippen LogP contribution in [0.4, 0.5) is 0 Å². The molecule has 0 radical (unpaired) electrons. The van der Waals surface area contributed by atoms with Crippen molar-refractivity contribution >= 4 is 0 Å². The van der Waals surface area contributed by atoms with Gasteiger partial charge in [-0.25, -0.2) is 0 Å². The molecule has 2 heteroatoms. The molecule has 0 aromatic heterocycles. The van der Waals surface area contributed by atoms with Gasteiger partial charge in [0.2, 0.25) is 0 Å². The third kappa shape index (κ3) is 1.94. The number of hydrogen-bond donors (Lipinski definition) is 2. The molecule has 0 saturated carbocycles. The minimum absolute atomic E-state index is 0.509. The quantitative estimate of drug-likeness (QED) is 0.530. The normalized spacial score (nSPS) is 15.3. The highest BCUT2D eigenvalue weighted by atomic mass is 16.5. The Morgan fingerprint density at radius 1 is 0.636 bits per heavy atom. The molecule has 0 aliphatic carbocycles. The second kappa shape index (κ2) is 2.46. The van der Waals surface area contributed by atoms with Crippen LogP contribution in [-0.4, -0.2) is 16.0 Å². The molecule has 0 aromatic rings. The molecule has 0 aliphatic rings. The molecule has 0 heterocycles. The molecule has 0 unspecified atom stereocenters. The standard InChI is InChI=1S/C9H20O2/c1-7(2,3)9(10,11)8(4,5)6/h10-11H,1-6H3. The van der Waals surface area contributed by atoms with E-state index < -0.39 is 16.6 Å². The van der Waals surface area contributed by atoms with Crippen molar-refractivity contribution in [3.05, 3.63) is 0 Å². The molecule has 0 spiro atoms. The fourth-order valence-electron chi connectivity index (χ4n) is 1.12. The highest BCUT2D eigenvalue weighted by Gasteiger charge is 2.47. The Kier molecular flexibility index (Phi) is 2.44. The molecule has 0 aliphatic heterocycles. The van der Waals surface area contributed by atoms with Gasteiger partial charge in [-0.2, -0.15) is 0 Å². The van der Waals surface area contributed by atoms with Crippen LogP contribution >= 0.6 is 0 Å². The van der Waals surface area contributed by atoms with Gasteiger partial charge in [0.05, 0.1) is 0 Å². The molecule has 0 bridgehead atoms. The summed E-state index contributed by atoms with van der Waals surface area (Å²) >= 11 is 0. The molecule has 11 heavy (non-hydrogen) atoms. The Hall–Kier alpha value is -0.0800. The highest BCUT2D eigenvalue weighted by Crippen LogP contribution is 2.41. The van der Waals surface area contributed by atoms with Gasteiger partial charge in [0.15, 0.2) is 5.79 Å². The summed E-state index contributed by atoms with van der Waals surface area (Å²) in [6.07, 6.45) is 0. The van der Waals surface area contributed by atoms with E-state index in [0.717, 1.165) is 0 Å². The first-order chi connectivity index (χ1) is 4.50. The third-order valence-corrected chi connectivity index (χ3v) is 2.09. The fourth-order valence-corrected chi connectivity index (χ4v) is 1.12. The maximum Gasteiger partial charge on any atom is 0.172 e. The molecule has 68 valence electrons. The van der Waals surface area contributed by atoms with Crippen molar-refractivity contribution in [1.29, 1.82) is 0 Å². The smallest absolute Gasteiger partial charge is 0.172 e. The van der Waals surface area contributed by atoms with Crippen LogP contribution in [0.1, 0.15) is 41.5 Å². The number of aliphatic hydroxyl groups is 2. The van der Waals surface area contributed by atoms with Gasteiger partial charge in [0.1, 0.15) is 0 Å². The number of rotatable bonds is 0. The first-order valence-corrected chi connectivity index (χ1v) is 3.95. The van der Waals surface area contributed by atoms with E-state index in [9.17, 15) is 10.2 Å². The lowest BCUT2D eigenvalue weighted by Crippen LogP contribution is -2.52. The Balaban J connectivity index is 4.75. The van der Waals surface area contributed by atoms with E-state index in [2.05, 4.69) is 0 Å². The van der Waals surface area contributed by atoms with Crippen molar-refractivity contribution in [3.8, 4) is 0 Å². The van der Waals surface area contributed by atoms with E-state index in [1.807, 2.05) is 41.5 Å². The van der Waals surface area contributed by atoms with Crippen LogP contribution < -0.4 is 0 Å². The van der Waals surface area contributed by atoms with Crippen molar-refractivity contribution in [2.45, 2.75) is 47.3 Å². The predicted molar refractivity (Wildman–Crippen MR) is 46.1 cm³/mol. The minimum atomic E-state index is -1.63. The van der Waals surface area contributed by atoms with E-state index in [-0.39, 0.29) is 0 Å². The molecular weight excluding hydrogens is 140 g/mol. The van der Waals surface area contributed by atoms with Gasteiger partial charge >= 0.3 is 0 Å². The molecule has 0 saturated heterocycles. The van der Waals surface area contributed by atoms with Crippen LogP contribution in [-0.2, 0) is 0 Å². The Morgan fingerprint density at radius 3 is 0.818 bits per heavy atom. The summed E-state index contributed by atoms with van der Waals surface area (Å²) in [4.78, 5) is 0. The maximum atomic E-state index is 9.74. The van der Waals surface area contributed by atoms with Gasteiger partial charge in [0, 0.05) is 10.8 Å². The van der Waals surface area contributed by atoms with Crippen molar-refractivity contribution in [2.24, 2.45) is 10.8 Å². The zero-order valence-electron chi connectivity index (χ0n) is 8.39. The van der Waals surface area contributed by atoms with Gasteiger partial charge in [-0.15, -0.1) is 0 Å². The number of hydrogen-bond acceptors (Lipinski definition) is 2. The monoisotopic (exact) mass is 160 g/mol. The van der Waals surface area contributed by atoms with Gasteiger partial charge in [-0.3, -0.25) is 0 Å². The van der Waals surface area contributed by atoms with E-state index in [4.69, 9.17) is 0 Å². The minimum Gasteiger partial charge on any atom is -0.365 e. The van der Waals surface area contributed by atoms with Crippen molar-refractivity contribution < 1.29 is 10.2 Å². The summed E-state index contributed by atoms with van der Waals surface area (Å²) in [6.45, 7) is 10.9. The Morgan fingerprint density at radius 2 is 0.818 bits per heavy atom. The third-order valence-electron chi connectivity index (χ3n) is 2.09. The van der Waals surface area contributed by atoms with Crippen molar-refractivity contribution in [2.75, 3.05) is 0 Å². The molecule has 0 fully saturated rings. The first kappa shape index (κ1) is 10.9. The predicted octanol–water partition coefficient (Wildman–Crippen LogP) is 1.76. The molecule has 0 atom stereocenters. The van der Waals surface area contributed by atoms with Gasteiger partial charge in [0.25, 0.3) is 0 Å². The molecule has 0 aromatic carbocycles. The van der Waals surface area contributed by atoms with Crippen LogP contribution in [0.5, 0.6) is 0 Å². The molecule has 2 N–H and O–H groups in total. The van der Waals surface area contributed by atoms with Gasteiger partial charge in [-0.1, -0.05) is 41.5 Å². The lowest BCUT2D eigenvalue weighted by atomic mass is 9.71. The van der Waals surface area contributed by atoms with Crippen LogP contribution in [0, 0.1) is 10.8 Å². The summed E-state index contributed by atoms with van der Waals surface area (Å²) in [5.74, 6) is -1.63. The van der Waals surface area contributed by atoms with E-state index in [1.54, 1.807) is 0 Å². The van der Waals surface area contributed by atoms with Crippen LogP contribution in [0.15, 0.2) is 0 Å². The van der Waals surface area contributed by atoms with Gasteiger partial charge < -0.3 is 10.2 Å². The Labute approximate surface area is 69.2 Å². The van der Waals surface area contributed by atoms with Crippen LogP contribution in [0.25, 0.3) is 0 Å². The molecular formula is C9H20O2. The largest absolute Gasteiger partial charge is 0.365 e. The summed E-state index contributed by atoms with van der Waals surface area (Å²) in [5, 5.41) is 19.5. The fraction of sp³-hybridized carbons (Fsp3) is 1.00. The van der Waals surface area contributed by atoms with E-state index >= 15 is 0 Å². The summed E-state index contributed by atoms with van der Waals surface area (Å²) in [7, 11) is 0. The lowest BCUT2D eigenvalue weighted by Gasteiger charge is -2.44. The Bertz CT molecular complexity index is 119. The first-order valence-electron chi connectivity index (χ1n) is 3.95. The second-order valence-corrected chi connectivity index (χ2v) is 5.17. The zero-order chi connectivity index (χ0) is 9.50. The van der Waals surface area contributed by atoms with Gasteiger partial charge in [-0.05, 0) is 0 Å². The molecule has 0 amide bonds. The van der Waals surface area contributed by atoms with Crippen molar-refractivity contribution in [1.82, 2.24) is 0 Å². The van der Waals surface area contributed by atoms with E-state index in [0.29, 0.717) is 0 Å². The topological polar surface area (TPSA) is 40.5 Å². The van der Waals surface area contributed by atoms with Crippen molar-refractivity contribution in [3.63, 3.8) is 0 Å². The maximum absolute atomic E-state index is 9.74. The summed E-state index contributed by atoms with van der Waals surface area (Å²) in [6, 6.07) is 0. The van der Waals surface area contributed by atoms with Crippen LogP contribution in [0.3, 0.4) is 0 Å². The average Bonchev–Trinajstić information content (AvgIpc) is 1.58. The lowest BCUT2D eigenvalue weighted by molar-refractivity contribution is -0.285. The highest BCUT2D eigenvalue weighted by molar-refractivity contribution is 4.89. The molecule has 0 rings (SSSR count). The molecule has 2 nitrogen and oxygen atoms in total. The summed E-state index contributed by atoms with van der Waals surface area (Å²) < 4.78 is 0. The SMILES string of the molecule is CC(C)(C)C(O)(O)C(C)(C)C. The zero-order valence-corrected chi connectivity index (χ0v) is 8.39. The van der Waals surface area contributed by atoms with E-state index in [1.165, 1.54) is 0 Å². The summed E-state index contributed by atoms with van der Waals surface area (Å²) in [5.41, 5.74) is -1.02. The van der Waals surface area contributed by atoms with Crippen LogP contribution in [0.2, 0.25) is 0 Å². The second-order valence-electron chi connectivity index (χ2n) is 5.17.